The van der Waals surface area contributed by atoms with Gasteiger partial charge in [-0.25, -0.2) is 0 Å². The van der Waals surface area contributed by atoms with Crippen LogP contribution < -0.4 is 5.32 Å². The molecule has 3 rings (SSSR count). The van der Waals surface area contributed by atoms with Crippen molar-refractivity contribution in [3.8, 4) is 0 Å². The fourth-order valence-electron chi connectivity index (χ4n) is 3.74. The number of nitrogens with zero attached hydrogens (tertiary/aromatic N) is 2. The standard InChI is InChI=1S/C25H33N3O3S/c1-19(2)11-12-24(30)27-13-15-28(16-14-27)25(31)20-6-3-7-21(18-20)26-23(29)10-4-8-22-9-5-17-32-22/h3,5-7,9,17-19H,4,8,10-16H2,1-2H3,(H,26,29). The van der Waals surface area contributed by atoms with E-state index in [1.807, 2.05) is 16.3 Å². The summed E-state index contributed by atoms with van der Waals surface area (Å²) < 4.78 is 0. The van der Waals surface area contributed by atoms with E-state index in [2.05, 4.69) is 25.2 Å². The summed E-state index contributed by atoms with van der Waals surface area (Å²) in [5, 5.41) is 4.95. The number of rotatable bonds is 9. The Bertz CT molecular complexity index is 903. The van der Waals surface area contributed by atoms with E-state index in [4.69, 9.17) is 0 Å². The van der Waals surface area contributed by atoms with Crippen LogP contribution in [0.3, 0.4) is 0 Å². The van der Waals surface area contributed by atoms with Crippen LogP contribution in [-0.4, -0.2) is 53.7 Å². The fourth-order valence-corrected chi connectivity index (χ4v) is 4.49. The average Bonchev–Trinajstić information content (AvgIpc) is 3.31. The monoisotopic (exact) mass is 455 g/mol. The lowest BCUT2D eigenvalue weighted by Crippen LogP contribution is -2.50. The zero-order chi connectivity index (χ0) is 22.9. The van der Waals surface area contributed by atoms with Gasteiger partial charge in [-0.05, 0) is 54.8 Å². The smallest absolute Gasteiger partial charge is 0.254 e. The second-order valence-corrected chi connectivity index (χ2v) is 9.70. The molecule has 32 heavy (non-hydrogen) atoms. The van der Waals surface area contributed by atoms with Crippen molar-refractivity contribution in [2.24, 2.45) is 5.92 Å². The number of hydrogen-bond acceptors (Lipinski definition) is 4. The second kappa shape index (κ2) is 11.8. The van der Waals surface area contributed by atoms with Crippen molar-refractivity contribution < 1.29 is 14.4 Å². The van der Waals surface area contributed by atoms with E-state index in [1.54, 1.807) is 40.5 Å². The summed E-state index contributed by atoms with van der Waals surface area (Å²) in [5.41, 5.74) is 1.19. The highest BCUT2D eigenvalue weighted by Crippen LogP contribution is 2.17. The van der Waals surface area contributed by atoms with Crippen molar-refractivity contribution in [2.75, 3.05) is 31.5 Å². The van der Waals surface area contributed by atoms with E-state index in [0.717, 1.165) is 19.3 Å². The maximum atomic E-state index is 12.9. The number of carbonyl (C=O) groups excluding carboxylic acids is 3. The van der Waals surface area contributed by atoms with Crippen LogP contribution in [0.2, 0.25) is 0 Å². The third kappa shape index (κ3) is 7.19. The molecule has 0 bridgehead atoms. The summed E-state index contributed by atoms with van der Waals surface area (Å²) in [5.74, 6) is 0.581. The second-order valence-electron chi connectivity index (χ2n) is 8.67. The number of aryl methyl sites for hydroxylation is 1. The minimum Gasteiger partial charge on any atom is -0.339 e. The minimum absolute atomic E-state index is 0.0420. The highest BCUT2D eigenvalue weighted by molar-refractivity contribution is 7.09. The molecule has 1 N–H and O–H groups in total. The molecule has 1 saturated heterocycles. The van der Waals surface area contributed by atoms with Crippen LogP contribution in [0.5, 0.6) is 0 Å². The number of anilines is 1. The number of piperazine rings is 1. The Morgan fingerprint density at radius 1 is 1.00 bits per heavy atom. The van der Waals surface area contributed by atoms with Gasteiger partial charge < -0.3 is 15.1 Å². The van der Waals surface area contributed by atoms with E-state index in [0.29, 0.717) is 56.2 Å². The zero-order valence-electron chi connectivity index (χ0n) is 19.0. The molecule has 6 nitrogen and oxygen atoms in total. The van der Waals surface area contributed by atoms with Crippen LogP contribution >= 0.6 is 11.3 Å². The summed E-state index contributed by atoms with van der Waals surface area (Å²) >= 11 is 1.71. The number of hydrogen-bond donors (Lipinski definition) is 1. The molecule has 3 amide bonds. The van der Waals surface area contributed by atoms with Crippen LogP contribution in [-0.2, 0) is 16.0 Å². The lowest BCUT2D eigenvalue weighted by Gasteiger charge is -2.35. The molecule has 7 heteroatoms. The molecule has 0 atom stereocenters. The third-order valence-corrected chi connectivity index (χ3v) is 6.59. The van der Waals surface area contributed by atoms with Crippen molar-refractivity contribution in [1.29, 1.82) is 0 Å². The molecule has 2 heterocycles. The summed E-state index contributed by atoms with van der Waals surface area (Å²) in [6, 6.07) is 11.2. The Hall–Kier alpha value is -2.67. The SMILES string of the molecule is CC(C)CCC(=O)N1CCN(C(=O)c2cccc(NC(=O)CCCc3cccs3)c2)CC1. The summed E-state index contributed by atoms with van der Waals surface area (Å²) in [6.45, 7) is 6.45. The Morgan fingerprint density at radius 3 is 2.44 bits per heavy atom. The molecule has 1 aliphatic rings. The lowest BCUT2D eigenvalue weighted by molar-refractivity contribution is -0.133. The zero-order valence-corrected chi connectivity index (χ0v) is 19.8. The molecule has 0 spiro atoms. The molecular formula is C25H33N3O3S. The van der Waals surface area contributed by atoms with E-state index in [-0.39, 0.29) is 17.7 Å². The summed E-state index contributed by atoms with van der Waals surface area (Å²) in [6.07, 6.45) is 3.61. The Morgan fingerprint density at radius 2 is 1.75 bits per heavy atom. The first kappa shape index (κ1) is 24.0. The third-order valence-electron chi connectivity index (χ3n) is 5.66. The average molecular weight is 456 g/mol. The molecule has 1 aromatic carbocycles. The first-order valence-electron chi connectivity index (χ1n) is 11.4. The maximum absolute atomic E-state index is 12.9. The van der Waals surface area contributed by atoms with Crippen molar-refractivity contribution in [2.45, 2.75) is 46.0 Å². The van der Waals surface area contributed by atoms with E-state index >= 15 is 0 Å². The van der Waals surface area contributed by atoms with Gasteiger partial charge in [0.15, 0.2) is 0 Å². The van der Waals surface area contributed by atoms with Crippen LogP contribution in [0.1, 0.15) is 54.8 Å². The number of carbonyl (C=O) groups is 3. The predicted molar refractivity (Wildman–Crippen MR) is 129 cm³/mol. The summed E-state index contributed by atoms with van der Waals surface area (Å²) in [4.78, 5) is 42.5. The van der Waals surface area contributed by atoms with Crippen LogP contribution in [0.4, 0.5) is 5.69 Å². The molecule has 0 unspecified atom stereocenters. The maximum Gasteiger partial charge on any atom is 0.254 e. The normalized spacial score (nSPS) is 14.0. The Kier molecular flexibility index (Phi) is 8.85. The number of benzene rings is 1. The van der Waals surface area contributed by atoms with Gasteiger partial charge in [-0.15, -0.1) is 11.3 Å². The highest BCUT2D eigenvalue weighted by Gasteiger charge is 2.25. The first-order valence-corrected chi connectivity index (χ1v) is 12.3. The molecule has 2 aromatic rings. The van der Waals surface area contributed by atoms with Gasteiger partial charge in [-0.3, -0.25) is 14.4 Å². The largest absolute Gasteiger partial charge is 0.339 e. The predicted octanol–water partition coefficient (Wildman–Crippen LogP) is 4.43. The molecule has 172 valence electrons. The van der Waals surface area contributed by atoms with Gasteiger partial charge in [0.05, 0.1) is 0 Å². The summed E-state index contributed by atoms with van der Waals surface area (Å²) in [7, 11) is 0. The molecule has 0 saturated carbocycles. The molecule has 1 fully saturated rings. The van der Waals surface area contributed by atoms with Gasteiger partial charge in [-0.2, -0.15) is 0 Å². The Balaban J connectivity index is 1.46. The van der Waals surface area contributed by atoms with Crippen molar-refractivity contribution >= 4 is 34.7 Å². The molecule has 0 radical (unpaired) electrons. The Labute approximate surface area is 194 Å². The van der Waals surface area contributed by atoms with Crippen molar-refractivity contribution in [3.05, 3.63) is 52.2 Å². The van der Waals surface area contributed by atoms with E-state index < -0.39 is 0 Å². The van der Waals surface area contributed by atoms with Crippen LogP contribution in [0.15, 0.2) is 41.8 Å². The number of amides is 3. The fraction of sp³-hybridized carbons (Fsp3) is 0.480. The topological polar surface area (TPSA) is 69.7 Å². The van der Waals surface area contributed by atoms with Crippen LogP contribution in [0, 0.1) is 5.92 Å². The molecular weight excluding hydrogens is 422 g/mol. The van der Waals surface area contributed by atoms with Gasteiger partial charge in [0, 0.05) is 55.1 Å². The van der Waals surface area contributed by atoms with Crippen molar-refractivity contribution in [1.82, 2.24) is 9.80 Å². The van der Waals surface area contributed by atoms with Crippen LogP contribution in [0.25, 0.3) is 0 Å². The van der Waals surface area contributed by atoms with Gasteiger partial charge in [0.25, 0.3) is 5.91 Å². The quantitative estimate of drug-likeness (QED) is 0.608. The number of thiophene rings is 1. The van der Waals surface area contributed by atoms with Gasteiger partial charge in [0.1, 0.15) is 0 Å². The van der Waals surface area contributed by atoms with E-state index in [9.17, 15) is 14.4 Å². The van der Waals surface area contributed by atoms with Crippen molar-refractivity contribution in [3.63, 3.8) is 0 Å². The molecule has 1 aliphatic heterocycles. The van der Waals surface area contributed by atoms with Gasteiger partial charge >= 0.3 is 0 Å². The van der Waals surface area contributed by atoms with Gasteiger partial charge in [0.2, 0.25) is 11.8 Å². The minimum atomic E-state index is -0.0620. The lowest BCUT2D eigenvalue weighted by atomic mass is 10.1. The number of nitrogens with one attached hydrogen (secondary N) is 1. The first-order chi connectivity index (χ1) is 15.4. The molecule has 0 aliphatic carbocycles. The van der Waals surface area contributed by atoms with E-state index in [1.165, 1.54) is 4.88 Å². The van der Waals surface area contributed by atoms with Gasteiger partial charge in [-0.1, -0.05) is 26.0 Å². The highest BCUT2D eigenvalue weighted by atomic mass is 32.1. The molecule has 1 aromatic heterocycles.